The number of nitrogens with one attached hydrogen (secondary N) is 5. The molecule has 0 spiro atoms. The SMILES string of the molecule is CC[C@H](C)[C@H](NC(=O)CC[C@H](O)[C@H](Cc1ccccc1)NC(=O)C(NC(=O)C(CC(C)C)NC(=O)OC(C)(C)C)C(C)C)C(=O)NC(C(=O)OC)C(C)C. The number of rotatable bonds is 21. The second kappa shape index (κ2) is 22.9. The lowest BCUT2D eigenvalue weighted by Crippen LogP contribution is -2.58. The van der Waals surface area contributed by atoms with Gasteiger partial charge < -0.3 is 41.2 Å². The third-order valence-corrected chi connectivity index (χ3v) is 8.95. The lowest BCUT2D eigenvalue weighted by atomic mass is 9.95. The average Bonchev–Trinajstić information content (AvgIpc) is 3.08. The van der Waals surface area contributed by atoms with E-state index in [1.807, 2.05) is 58.0 Å². The Morgan fingerprint density at radius 3 is 1.80 bits per heavy atom. The average molecular weight is 762 g/mol. The number of methoxy groups -OCH3 is 1. The molecule has 0 aromatic heterocycles. The number of aliphatic hydroxyl groups excluding tert-OH is 1. The van der Waals surface area contributed by atoms with Crippen LogP contribution in [-0.2, 0) is 39.9 Å². The molecule has 14 nitrogen and oxygen atoms in total. The predicted molar refractivity (Wildman–Crippen MR) is 207 cm³/mol. The van der Waals surface area contributed by atoms with Crippen LogP contribution in [0.3, 0.4) is 0 Å². The van der Waals surface area contributed by atoms with Crippen molar-refractivity contribution in [3.05, 3.63) is 35.9 Å². The number of aliphatic hydroxyl groups is 1. The minimum atomic E-state index is -1.19. The highest BCUT2D eigenvalue weighted by atomic mass is 16.6. The van der Waals surface area contributed by atoms with E-state index >= 15 is 0 Å². The fourth-order valence-electron chi connectivity index (χ4n) is 5.66. The normalized spacial score (nSPS) is 15.6. The van der Waals surface area contributed by atoms with Gasteiger partial charge in [-0.05, 0) is 69.3 Å². The Bertz CT molecular complexity index is 1360. The second-order valence-electron chi connectivity index (χ2n) is 16.2. The van der Waals surface area contributed by atoms with E-state index in [9.17, 15) is 33.9 Å². The Balaban J connectivity index is 3.18. The zero-order valence-corrected chi connectivity index (χ0v) is 34.4. The lowest BCUT2D eigenvalue weighted by molar-refractivity contribution is -0.147. The number of carbonyl (C=O) groups excluding carboxylic acids is 6. The van der Waals surface area contributed by atoms with Crippen molar-refractivity contribution in [2.75, 3.05) is 7.11 Å². The zero-order valence-electron chi connectivity index (χ0n) is 34.4. The molecule has 0 bridgehead atoms. The number of benzene rings is 1. The Kier molecular flexibility index (Phi) is 20.3. The minimum absolute atomic E-state index is 0.0382. The van der Waals surface area contributed by atoms with Crippen molar-refractivity contribution in [1.29, 1.82) is 0 Å². The van der Waals surface area contributed by atoms with Crippen LogP contribution in [0.4, 0.5) is 4.79 Å². The van der Waals surface area contributed by atoms with Gasteiger partial charge in [-0.3, -0.25) is 19.2 Å². The van der Waals surface area contributed by atoms with Gasteiger partial charge in [0.25, 0.3) is 0 Å². The molecule has 0 heterocycles. The highest BCUT2D eigenvalue weighted by molar-refractivity contribution is 5.92. The molecule has 0 aliphatic rings. The Morgan fingerprint density at radius 2 is 1.30 bits per heavy atom. The molecule has 7 atom stereocenters. The van der Waals surface area contributed by atoms with Crippen LogP contribution in [0.5, 0.6) is 0 Å². The summed E-state index contributed by atoms with van der Waals surface area (Å²) < 4.78 is 10.2. The molecule has 0 aliphatic carbocycles. The van der Waals surface area contributed by atoms with Crippen LogP contribution in [0.15, 0.2) is 30.3 Å². The zero-order chi connectivity index (χ0) is 41.3. The van der Waals surface area contributed by atoms with Crippen molar-refractivity contribution in [1.82, 2.24) is 26.6 Å². The van der Waals surface area contributed by atoms with Gasteiger partial charge in [-0.1, -0.05) is 92.1 Å². The van der Waals surface area contributed by atoms with Crippen LogP contribution in [0.25, 0.3) is 0 Å². The van der Waals surface area contributed by atoms with E-state index in [1.165, 1.54) is 7.11 Å². The highest BCUT2D eigenvalue weighted by Crippen LogP contribution is 2.16. The van der Waals surface area contributed by atoms with Crippen molar-refractivity contribution in [3.63, 3.8) is 0 Å². The first kappa shape index (κ1) is 47.8. The van der Waals surface area contributed by atoms with Gasteiger partial charge in [-0.2, -0.15) is 0 Å². The fraction of sp³-hybridized carbons (Fsp3) is 0.700. The van der Waals surface area contributed by atoms with Gasteiger partial charge in [0, 0.05) is 6.42 Å². The molecule has 0 fully saturated rings. The molecular formula is C40H67N5O9. The first-order valence-corrected chi connectivity index (χ1v) is 19.1. The van der Waals surface area contributed by atoms with Crippen molar-refractivity contribution >= 4 is 35.7 Å². The largest absolute Gasteiger partial charge is 0.467 e. The van der Waals surface area contributed by atoms with Crippen molar-refractivity contribution in [2.24, 2.45) is 23.7 Å². The number of esters is 1. The topological polar surface area (TPSA) is 201 Å². The number of ether oxygens (including phenoxy) is 2. The van der Waals surface area contributed by atoms with Gasteiger partial charge in [0.15, 0.2) is 0 Å². The van der Waals surface area contributed by atoms with Gasteiger partial charge in [-0.25, -0.2) is 9.59 Å². The number of hydrogen-bond donors (Lipinski definition) is 6. The van der Waals surface area contributed by atoms with E-state index in [1.54, 1.807) is 48.5 Å². The summed E-state index contributed by atoms with van der Waals surface area (Å²) in [6, 6.07) is 4.57. The molecule has 3 unspecified atom stereocenters. The maximum absolute atomic E-state index is 13.8. The van der Waals surface area contributed by atoms with Crippen molar-refractivity contribution in [3.8, 4) is 0 Å². The van der Waals surface area contributed by atoms with Crippen molar-refractivity contribution < 1.29 is 43.3 Å². The predicted octanol–water partition coefficient (Wildman–Crippen LogP) is 3.78. The van der Waals surface area contributed by atoms with Crippen LogP contribution < -0.4 is 26.6 Å². The van der Waals surface area contributed by atoms with Gasteiger partial charge in [0.2, 0.25) is 23.6 Å². The van der Waals surface area contributed by atoms with E-state index < -0.39 is 77.6 Å². The first-order chi connectivity index (χ1) is 25.1. The highest BCUT2D eigenvalue weighted by Gasteiger charge is 2.34. The monoisotopic (exact) mass is 761 g/mol. The van der Waals surface area contributed by atoms with Gasteiger partial charge in [0.1, 0.15) is 29.8 Å². The minimum Gasteiger partial charge on any atom is -0.467 e. The van der Waals surface area contributed by atoms with E-state index in [0.29, 0.717) is 12.8 Å². The molecule has 5 amide bonds. The Labute approximate surface area is 322 Å². The summed E-state index contributed by atoms with van der Waals surface area (Å²) in [4.78, 5) is 78.8. The standard InChI is InChI=1S/C40H67N5O9/c1-13-26(8)34(37(50)45-33(25(6)7)38(51)53-12)43-31(47)20-19-30(46)28(22-27-17-15-14-16-18-27)41-36(49)32(24(4)5)44-35(48)29(21-23(2)3)42-39(52)54-40(9,10)11/h14-18,23-26,28-30,32-34,46H,13,19-22H2,1-12H3,(H,41,49)(H,42,52)(H,43,47)(H,44,48)(H,45,50)/t26-,28-,29?,30-,32?,33?,34-/m0/s1. The van der Waals surface area contributed by atoms with E-state index in [-0.39, 0.29) is 42.9 Å². The third kappa shape index (κ3) is 17.3. The summed E-state index contributed by atoms with van der Waals surface area (Å²) >= 11 is 0. The molecule has 1 rings (SSSR count). The summed E-state index contributed by atoms with van der Waals surface area (Å²) in [6.07, 6.45) is -1.05. The fourth-order valence-corrected chi connectivity index (χ4v) is 5.66. The van der Waals surface area contributed by atoms with Crippen LogP contribution in [0.2, 0.25) is 0 Å². The number of hydrogen-bond acceptors (Lipinski definition) is 9. The van der Waals surface area contributed by atoms with Crippen molar-refractivity contribution in [2.45, 2.75) is 150 Å². The summed E-state index contributed by atoms with van der Waals surface area (Å²) in [6.45, 7) is 19.8. The first-order valence-electron chi connectivity index (χ1n) is 19.1. The second-order valence-corrected chi connectivity index (χ2v) is 16.2. The summed E-state index contributed by atoms with van der Waals surface area (Å²) in [5, 5.41) is 25.2. The Morgan fingerprint density at radius 1 is 0.741 bits per heavy atom. The van der Waals surface area contributed by atoms with Crippen LogP contribution in [0, 0.1) is 23.7 Å². The maximum Gasteiger partial charge on any atom is 0.408 e. The van der Waals surface area contributed by atoms with Gasteiger partial charge >= 0.3 is 12.1 Å². The molecule has 6 N–H and O–H groups in total. The van der Waals surface area contributed by atoms with E-state index in [4.69, 9.17) is 9.47 Å². The summed E-state index contributed by atoms with van der Waals surface area (Å²) in [5.74, 6) is -3.53. The van der Waals surface area contributed by atoms with E-state index in [0.717, 1.165) is 5.56 Å². The molecule has 54 heavy (non-hydrogen) atoms. The summed E-state index contributed by atoms with van der Waals surface area (Å²) in [5.41, 5.74) is 0.0555. The van der Waals surface area contributed by atoms with E-state index in [2.05, 4.69) is 26.6 Å². The maximum atomic E-state index is 13.8. The van der Waals surface area contributed by atoms with Gasteiger partial charge in [0.05, 0.1) is 19.3 Å². The quantitative estimate of drug-likeness (QED) is 0.101. The van der Waals surface area contributed by atoms with Gasteiger partial charge in [-0.15, -0.1) is 0 Å². The molecule has 14 heteroatoms. The lowest BCUT2D eigenvalue weighted by Gasteiger charge is -2.30. The molecule has 1 aromatic rings. The summed E-state index contributed by atoms with van der Waals surface area (Å²) in [7, 11) is 1.24. The number of carbonyl (C=O) groups is 6. The molecule has 0 saturated carbocycles. The molecule has 1 aromatic carbocycles. The number of amides is 5. The molecule has 0 radical (unpaired) electrons. The van der Waals surface area contributed by atoms with Crippen LogP contribution in [-0.4, -0.2) is 89.8 Å². The smallest absolute Gasteiger partial charge is 0.408 e. The third-order valence-electron chi connectivity index (χ3n) is 8.95. The molecule has 306 valence electrons. The molecule has 0 saturated heterocycles. The Hall–Kier alpha value is -4.20. The number of alkyl carbamates (subject to hydrolysis) is 1. The molecule has 0 aliphatic heterocycles. The van der Waals surface area contributed by atoms with Crippen LogP contribution in [0.1, 0.15) is 107 Å². The van der Waals surface area contributed by atoms with Crippen LogP contribution >= 0.6 is 0 Å². The molecular weight excluding hydrogens is 694 g/mol.